The van der Waals surface area contributed by atoms with E-state index in [4.69, 9.17) is 4.42 Å². The molecule has 3 aromatic rings. The summed E-state index contributed by atoms with van der Waals surface area (Å²) < 4.78 is 5.84. The number of rotatable bonds is 6. The van der Waals surface area contributed by atoms with E-state index in [1.54, 1.807) is 35.1 Å². The van der Waals surface area contributed by atoms with E-state index in [0.29, 0.717) is 18.8 Å². The minimum Gasteiger partial charge on any atom is -0.444 e. The molecule has 0 saturated heterocycles. The van der Waals surface area contributed by atoms with E-state index < -0.39 is 0 Å². The third-order valence-corrected chi connectivity index (χ3v) is 5.46. The molecule has 1 amide bonds. The monoisotopic (exact) mass is 366 g/mol. The normalized spacial score (nSPS) is 10.7. The minimum atomic E-state index is -0.0994. The Morgan fingerprint density at radius 3 is 2.42 bits per heavy atom. The van der Waals surface area contributed by atoms with Gasteiger partial charge in [0, 0.05) is 30.4 Å². The molecule has 4 nitrogen and oxygen atoms in total. The summed E-state index contributed by atoms with van der Waals surface area (Å²) in [6, 6.07) is 13.7. The summed E-state index contributed by atoms with van der Waals surface area (Å²) in [5, 5.41) is 0.728. The molecule has 0 spiro atoms. The Labute approximate surface area is 158 Å². The molecule has 0 fully saturated rings. The fourth-order valence-electron chi connectivity index (χ4n) is 2.74. The van der Waals surface area contributed by atoms with Crippen molar-refractivity contribution in [3.8, 4) is 0 Å². The minimum absolute atomic E-state index is 0.0994. The fraction of sp³-hybridized carbons (Fsp3) is 0.238. The molecule has 0 radical (unpaired) electrons. The van der Waals surface area contributed by atoms with Gasteiger partial charge in [-0.25, -0.2) is 0 Å². The number of amides is 1. The van der Waals surface area contributed by atoms with Gasteiger partial charge in [0.1, 0.15) is 0 Å². The highest BCUT2D eigenvalue weighted by molar-refractivity contribution is 7.99. The highest BCUT2D eigenvalue weighted by Crippen LogP contribution is 2.34. The molecule has 2 heterocycles. The summed E-state index contributed by atoms with van der Waals surface area (Å²) in [6.07, 6.45) is 3.47. The van der Waals surface area contributed by atoms with E-state index >= 15 is 0 Å². The van der Waals surface area contributed by atoms with Crippen LogP contribution in [-0.2, 0) is 6.54 Å². The lowest BCUT2D eigenvalue weighted by atomic mass is 10.2. The predicted molar refractivity (Wildman–Crippen MR) is 103 cm³/mol. The molecule has 0 saturated carbocycles. The molecule has 3 rings (SSSR count). The number of carbonyl (C=O) groups excluding carboxylic acids is 1. The van der Waals surface area contributed by atoms with Crippen LogP contribution < -0.4 is 0 Å². The van der Waals surface area contributed by atoms with Gasteiger partial charge in [0.05, 0.1) is 0 Å². The van der Waals surface area contributed by atoms with Crippen LogP contribution in [-0.4, -0.2) is 22.3 Å². The number of pyridine rings is 1. The first kappa shape index (κ1) is 18.3. The number of aryl methyl sites for hydroxylation is 2. The van der Waals surface area contributed by atoms with E-state index in [0.717, 1.165) is 10.7 Å². The number of carbonyl (C=O) groups is 1. The molecule has 0 atom stereocenters. The van der Waals surface area contributed by atoms with Gasteiger partial charge in [0.2, 0.25) is 0 Å². The molecule has 0 bridgehead atoms. The Morgan fingerprint density at radius 1 is 1.08 bits per heavy atom. The van der Waals surface area contributed by atoms with Crippen molar-refractivity contribution in [1.29, 1.82) is 0 Å². The lowest BCUT2D eigenvalue weighted by Gasteiger charge is -2.19. The Morgan fingerprint density at radius 2 is 1.77 bits per heavy atom. The van der Waals surface area contributed by atoms with Crippen molar-refractivity contribution in [1.82, 2.24) is 9.88 Å². The van der Waals surface area contributed by atoms with Crippen molar-refractivity contribution >= 4 is 17.7 Å². The number of hydrogen-bond donors (Lipinski definition) is 0. The second-order valence-corrected chi connectivity index (χ2v) is 7.13. The quantitative estimate of drug-likeness (QED) is 0.608. The Balaban J connectivity index is 1.74. The molecular weight excluding hydrogens is 344 g/mol. The Kier molecular flexibility index (Phi) is 5.78. The Bertz CT molecular complexity index is 870. The third kappa shape index (κ3) is 4.17. The lowest BCUT2D eigenvalue weighted by molar-refractivity contribution is 0.0715. The zero-order valence-corrected chi connectivity index (χ0v) is 16.0. The topological polar surface area (TPSA) is 46.3 Å². The summed E-state index contributed by atoms with van der Waals surface area (Å²) >= 11 is 1.56. The van der Waals surface area contributed by atoms with Crippen molar-refractivity contribution < 1.29 is 9.21 Å². The SMILES string of the molecule is CCN(Cc1ccncc1)C(=O)c1ccc(Sc2c(C)cccc2C)o1. The van der Waals surface area contributed by atoms with E-state index in [9.17, 15) is 4.79 Å². The van der Waals surface area contributed by atoms with Crippen LogP contribution in [0.1, 0.15) is 34.2 Å². The largest absolute Gasteiger partial charge is 0.444 e. The van der Waals surface area contributed by atoms with Gasteiger partial charge in [-0.05, 0) is 61.7 Å². The average Bonchev–Trinajstić information content (AvgIpc) is 3.12. The van der Waals surface area contributed by atoms with E-state index in [2.05, 4.69) is 31.0 Å². The zero-order chi connectivity index (χ0) is 18.5. The van der Waals surface area contributed by atoms with Crippen LogP contribution in [0.5, 0.6) is 0 Å². The molecule has 0 aliphatic heterocycles. The average molecular weight is 366 g/mol. The summed E-state index contributed by atoms with van der Waals surface area (Å²) in [4.78, 5) is 19.7. The number of benzene rings is 1. The van der Waals surface area contributed by atoms with Gasteiger partial charge in [-0.3, -0.25) is 9.78 Å². The van der Waals surface area contributed by atoms with Gasteiger partial charge in [0.25, 0.3) is 5.91 Å². The molecule has 0 N–H and O–H groups in total. The fourth-order valence-corrected chi connectivity index (χ4v) is 3.67. The van der Waals surface area contributed by atoms with Crippen LogP contribution in [0.3, 0.4) is 0 Å². The van der Waals surface area contributed by atoms with Crippen LogP contribution in [0.25, 0.3) is 0 Å². The number of aromatic nitrogens is 1. The maximum Gasteiger partial charge on any atom is 0.289 e. The molecule has 0 unspecified atom stereocenters. The highest BCUT2D eigenvalue weighted by atomic mass is 32.2. The summed E-state index contributed by atoms with van der Waals surface area (Å²) in [5.41, 5.74) is 3.45. The van der Waals surface area contributed by atoms with Crippen molar-refractivity contribution in [2.24, 2.45) is 0 Å². The van der Waals surface area contributed by atoms with E-state index in [-0.39, 0.29) is 5.91 Å². The summed E-state index contributed by atoms with van der Waals surface area (Å²) in [5.74, 6) is 0.271. The van der Waals surface area contributed by atoms with E-state index in [1.165, 1.54) is 16.0 Å². The molecule has 1 aromatic carbocycles. The zero-order valence-electron chi connectivity index (χ0n) is 15.2. The standard InChI is InChI=1S/C21H22N2O2S/c1-4-23(14-17-10-12-22-13-11-17)21(24)18-8-9-19(25-18)26-20-15(2)6-5-7-16(20)3/h5-13H,4,14H2,1-3H3. The van der Waals surface area contributed by atoms with Crippen molar-refractivity contribution in [2.45, 2.75) is 37.3 Å². The molecule has 134 valence electrons. The second-order valence-electron chi connectivity index (χ2n) is 6.12. The van der Waals surface area contributed by atoms with Crippen molar-refractivity contribution in [2.75, 3.05) is 6.54 Å². The van der Waals surface area contributed by atoms with Crippen LogP contribution in [0.15, 0.2) is 69.3 Å². The molecular formula is C21H22N2O2S. The first-order valence-corrected chi connectivity index (χ1v) is 9.42. The Hall–Kier alpha value is -2.53. The summed E-state index contributed by atoms with van der Waals surface area (Å²) in [7, 11) is 0. The van der Waals surface area contributed by atoms with Gasteiger partial charge < -0.3 is 9.32 Å². The maximum atomic E-state index is 12.8. The molecule has 2 aromatic heterocycles. The van der Waals surface area contributed by atoms with Gasteiger partial charge >= 0.3 is 0 Å². The molecule has 0 aliphatic carbocycles. The predicted octanol–water partition coefficient (Wildman–Crippen LogP) is 5.10. The first-order chi connectivity index (χ1) is 12.6. The van der Waals surface area contributed by atoms with Gasteiger partial charge in [-0.15, -0.1) is 0 Å². The van der Waals surface area contributed by atoms with Crippen LogP contribution in [0.4, 0.5) is 0 Å². The lowest BCUT2D eigenvalue weighted by Crippen LogP contribution is -2.29. The molecule has 5 heteroatoms. The first-order valence-electron chi connectivity index (χ1n) is 8.60. The molecule has 0 aliphatic rings. The third-order valence-electron chi connectivity index (χ3n) is 4.20. The van der Waals surface area contributed by atoms with Crippen LogP contribution in [0, 0.1) is 13.8 Å². The van der Waals surface area contributed by atoms with Gasteiger partial charge in [0.15, 0.2) is 10.9 Å². The molecule has 26 heavy (non-hydrogen) atoms. The highest BCUT2D eigenvalue weighted by Gasteiger charge is 2.19. The van der Waals surface area contributed by atoms with Gasteiger partial charge in [-0.1, -0.05) is 30.0 Å². The number of hydrogen-bond acceptors (Lipinski definition) is 4. The van der Waals surface area contributed by atoms with Crippen molar-refractivity contribution in [3.63, 3.8) is 0 Å². The van der Waals surface area contributed by atoms with E-state index in [1.807, 2.05) is 31.2 Å². The van der Waals surface area contributed by atoms with Crippen LogP contribution >= 0.6 is 11.8 Å². The maximum absolute atomic E-state index is 12.8. The van der Waals surface area contributed by atoms with Crippen molar-refractivity contribution in [3.05, 3.63) is 77.3 Å². The smallest absolute Gasteiger partial charge is 0.289 e. The summed E-state index contributed by atoms with van der Waals surface area (Å²) in [6.45, 7) is 7.28. The second kappa shape index (κ2) is 8.23. The van der Waals surface area contributed by atoms with Crippen LogP contribution in [0.2, 0.25) is 0 Å². The number of furan rings is 1. The number of nitrogens with zero attached hydrogens (tertiary/aromatic N) is 2. The van der Waals surface area contributed by atoms with Gasteiger partial charge in [-0.2, -0.15) is 0 Å².